The molecule has 0 amide bonds. The van der Waals surface area contributed by atoms with Crippen LogP contribution in [0.5, 0.6) is 0 Å². The third-order valence-electron chi connectivity index (χ3n) is 3.38. The lowest BCUT2D eigenvalue weighted by molar-refractivity contribution is 0.551. The Bertz CT molecular complexity index is 347. The van der Waals surface area contributed by atoms with Gasteiger partial charge in [-0.15, -0.1) is 0 Å². The van der Waals surface area contributed by atoms with E-state index in [2.05, 4.69) is 59.9 Å². The molecule has 0 bridgehead atoms. The summed E-state index contributed by atoms with van der Waals surface area (Å²) in [6.45, 7) is 2.17. The molecule has 2 unspecified atom stereocenters. The fourth-order valence-electron chi connectivity index (χ4n) is 2.17. The van der Waals surface area contributed by atoms with Crippen molar-refractivity contribution in [2.75, 3.05) is 24.3 Å². The third-order valence-corrected chi connectivity index (χ3v) is 6.30. The average Bonchev–Trinajstić information content (AvgIpc) is 2.46. The van der Waals surface area contributed by atoms with Gasteiger partial charge in [0.15, 0.2) is 0 Å². The van der Waals surface area contributed by atoms with Crippen LogP contribution >= 0.6 is 23.5 Å². The molecule has 0 spiro atoms. The van der Waals surface area contributed by atoms with E-state index in [1.54, 1.807) is 0 Å². The van der Waals surface area contributed by atoms with E-state index in [4.69, 9.17) is 0 Å². The first-order chi connectivity index (χ1) is 8.83. The van der Waals surface area contributed by atoms with Gasteiger partial charge < -0.3 is 5.32 Å². The Morgan fingerprint density at radius 1 is 1.44 bits per heavy atom. The summed E-state index contributed by atoms with van der Waals surface area (Å²) in [6, 6.07) is 4.93. The highest BCUT2D eigenvalue weighted by Gasteiger charge is 2.23. The summed E-state index contributed by atoms with van der Waals surface area (Å²) in [5.41, 5.74) is 2.53. The minimum Gasteiger partial charge on any atom is -0.315 e. The van der Waals surface area contributed by atoms with Gasteiger partial charge in [-0.1, -0.05) is 13.0 Å². The number of hydrogen-bond donors (Lipinski definition) is 1. The molecule has 1 saturated heterocycles. The van der Waals surface area contributed by atoms with Crippen molar-refractivity contribution in [3.05, 3.63) is 29.6 Å². The van der Waals surface area contributed by atoms with Gasteiger partial charge in [-0.3, -0.25) is 4.98 Å². The lowest BCUT2D eigenvalue weighted by atomic mass is 10.1. The van der Waals surface area contributed by atoms with Gasteiger partial charge in [0.2, 0.25) is 0 Å². The highest BCUT2D eigenvalue weighted by atomic mass is 32.2. The molecule has 2 heterocycles. The van der Waals surface area contributed by atoms with Crippen molar-refractivity contribution < 1.29 is 0 Å². The van der Waals surface area contributed by atoms with Crippen LogP contribution in [-0.2, 0) is 12.8 Å². The monoisotopic (exact) mass is 282 g/mol. The minimum atomic E-state index is 0.544. The summed E-state index contributed by atoms with van der Waals surface area (Å²) in [4.78, 5) is 4.58. The van der Waals surface area contributed by atoms with Crippen molar-refractivity contribution >= 4 is 23.5 Å². The predicted octanol–water partition coefficient (Wildman–Crippen LogP) is 2.62. The Kier molecular flexibility index (Phi) is 5.86. The number of aromatic nitrogens is 1. The zero-order valence-corrected chi connectivity index (χ0v) is 12.8. The largest absolute Gasteiger partial charge is 0.315 e. The number of nitrogens with zero attached hydrogens (tertiary/aromatic N) is 1. The Morgan fingerprint density at radius 3 is 2.89 bits per heavy atom. The molecule has 2 atom stereocenters. The summed E-state index contributed by atoms with van der Waals surface area (Å²) in [5, 5.41) is 4.20. The van der Waals surface area contributed by atoms with Crippen molar-refractivity contribution in [2.24, 2.45) is 0 Å². The first kappa shape index (κ1) is 14.2. The number of pyridine rings is 1. The molecule has 1 aromatic rings. The standard InChI is InChI=1S/C14H22N2S2/c1-3-11-4-5-12(16-9-11)8-13(15-2)14-10-17-6-7-18-14/h4-5,9,13-15H,3,6-8,10H2,1-2H3. The zero-order chi connectivity index (χ0) is 12.8. The highest BCUT2D eigenvalue weighted by molar-refractivity contribution is 8.06. The van der Waals surface area contributed by atoms with Crippen LogP contribution in [0.3, 0.4) is 0 Å². The summed E-state index contributed by atoms with van der Waals surface area (Å²) in [7, 11) is 2.07. The van der Waals surface area contributed by atoms with Gasteiger partial charge in [0.1, 0.15) is 0 Å². The van der Waals surface area contributed by atoms with Gasteiger partial charge in [0.25, 0.3) is 0 Å². The van der Waals surface area contributed by atoms with Crippen LogP contribution in [0.4, 0.5) is 0 Å². The first-order valence-corrected chi connectivity index (χ1v) is 8.84. The van der Waals surface area contributed by atoms with E-state index in [0.717, 1.165) is 18.1 Å². The quantitative estimate of drug-likeness (QED) is 0.897. The van der Waals surface area contributed by atoms with Gasteiger partial charge in [0.05, 0.1) is 0 Å². The second kappa shape index (κ2) is 7.41. The van der Waals surface area contributed by atoms with E-state index in [0.29, 0.717) is 6.04 Å². The molecule has 18 heavy (non-hydrogen) atoms. The molecular formula is C14H22N2S2. The SMILES string of the molecule is CCc1ccc(CC(NC)C2CSCCS2)nc1. The fraction of sp³-hybridized carbons (Fsp3) is 0.643. The molecule has 0 radical (unpaired) electrons. The van der Waals surface area contributed by atoms with Crippen LogP contribution in [-0.4, -0.2) is 40.6 Å². The molecule has 4 heteroatoms. The van der Waals surface area contributed by atoms with Crippen molar-refractivity contribution in [2.45, 2.75) is 31.1 Å². The molecule has 0 aromatic carbocycles. The number of aryl methyl sites for hydroxylation is 1. The second-order valence-corrected chi connectivity index (χ2v) is 7.09. The van der Waals surface area contributed by atoms with E-state index >= 15 is 0 Å². The van der Waals surface area contributed by atoms with Crippen molar-refractivity contribution in [1.82, 2.24) is 10.3 Å². The Hall–Kier alpha value is -0.190. The summed E-state index contributed by atoms with van der Waals surface area (Å²) in [6.07, 6.45) is 4.13. The van der Waals surface area contributed by atoms with Crippen LogP contribution in [0.15, 0.2) is 18.3 Å². The molecule has 2 rings (SSSR count). The molecule has 1 aromatic heterocycles. The number of thioether (sulfide) groups is 2. The van der Waals surface area contributed by atoms with Gasteiger partial charge >= 0.3 is 0 Å². The predicted molar refractivity (Wildman–Crippen MR) is 83.7 cm³/mol. The van der Waals surface area contributed by atoms with E-state index in [1.807, 2.05) is 6.20 Å². The van der Waals surface area contributed by atoms with Crippen molar-refractivity contribution in [3.8, 4) is 0 Å². The first-order valence-electron chi connectivity index (χ1n) is 6.64. The average molecular weight is 282 g/mol. The highest BCUT2D eigenvalue weighted by Crippen LogP contribution is 2.27. The Balaban J connectivity index is 1.95. The zero-order valence-electron chi connectivity index (χ0n) is 11.2. The Labute approximate surface area is 119 Å². The van der Waals surface area contributed by atoms with E-state index < -0.39 is 0 Å². The number of nitrogens with one attached hydrogen (secondary N) is 1. The molecule has 100 valence electrons. The van der Waals surface area contributed by atoms with Gasteiger partial charge in [-0.25, -0.2) is 0 Å². The summed E-state index contributed by atoms with van der Waals surface area (Å²) >= 11 is 4.19. The molecular weight excluding hydrogens is 260 g/mol. The number of hydrogen-bond acceptors (Lipinski definition) is 4. The van der Waals surface area contributed by atoms with Crippen LogP contribution in [0.25, 0.3) is 0 Å². The van der Waals surface area contributed by atoms with Crippen molar-refractivity contribution in [3.63, 3.8) is 0 Å². The summed E-state index contributed by atoms with van der Waals surface area (Å²) in [5.74, 6) is 3.86. The molecule has 1 aliphatic rings. The maximum atomic E-state index is 4.58. The van der Waals surface area contributed by atoms with Gasteiger partial charge in [-0.05, 0) is 25.1 Å². The van der Waals surface area contributed by atoms with E-state index in [1.165, 1.54) is 28.5 Å². The second-order valence-electron chi connectivity index (χ2n) is 4.59. The van der Waals surface area contributed by atoms with Crippen LogP contribution in [0.1, 0.15) is 18.2 Å². The number of rotatable bonds is 5. The molecule has 1 fully saturated rings. The van der Waals surface area contributed by atoms with Crippen molar-refractivity contribution in [1.29, 1.82) is 0 Å². The normalized spacial score (nSPS) is 21.8. The van der Waals surface area contributed by atoms with E-state index in [-0.39, 0.29) is 0 Å². The summed E-state index contributed by atoms with van der Waals surface area (Å²) < 4.78 is 0. The molecule has 2 nitrogen and oxygen atoms in total. The third kappa shape index (κ3) is 3.90. The van der Waals surface area contributed by atoms with Gasteiger partial charge in [0, 0.05) is 46.9 Å². The molecule has 0 saturated carbocycles. The maximum Gasteiger partial charge on any atom is 0.0419 e. The lowest BCUT2D eigenvalue weighted by Gasteiger charge is -2.29. The van der Waals surface area contributed by atoms with Crippen LogP contribution in [0, 0.1) is 0 Å². The van der Waals surface area contributed by atoms with E-state index in [9.17, 15) is 0 Å². The smallest absolute Gasteiger partial charge is 0.0419 e. The molecule has 1 aliphatic heterocycles. The van der Waals surface area contributed by atoms with Crippen LogP contribution in [0.2, 0.25) is 0 Å². The topological polar surface area (TPSA) is 24.9 Å². The maximum absolute atomic E-state index is 4.58. The van der Waals surface area contributed by atoms with Gasteiger partial charge in [-0.2, -0.15) is 23.5 Å². The Morgan fingerprint density at radius 2 is 2.33 bits per heavy atom. The fourth-order valence-corrected chi connectivity index (χ4v) is 5.10. The van der Waals surface area contributed by atoms with Crippen LogP contribution < -0.4 is 5.32 Å². The number of likely N-dealkylation sites (N-methyl/N-ethyl adjacent to an activating group) is 1. The lowest BCUT2D eigenvalue weighted by Crippen LogP contribution is -2.40. The molecule has 1 N–H and O–H groups in total. The molecule has 0 aliphatic carbocycles. The minimum absolute atomic E-state index is 0.544.